The summed E-state index contributed by atoms with van der Waals surface area (Å²) in [5, 5.41) is 7.58. The van der Waals surface area contributed by atoms with Crippen LogP contribution in [-0.2, 0) is 24.1 Å². The SMILES string of the molecule is Cc1ccc(CNC(=O)NCC(=O)NCc2ccc(C(F)(F)F)cc2)cc1. The number of amides is 3. The van der Waals surface area contributed by atoms with Gasteiger partial charge in [-0.3, -0.25) is 4.79 Å². The van der Waals surface area contributed by atoms with Crippen LogP contribution in [0.4, 0.5) is 18.0 Å². The number of hydrogen-bond donors (Lipinski definition) is 3. The van der Waals surface area contributed by atoms with Gasteiger partial charge < -0.3 is 16.0 Å². The Morgan fingerprint density at radius 2 is 1.33 bits per heavy atom. The van der Waals surface area contributed by atoms with Crippen molar-refractivity contribution in [3.63, 3.8) is 0 Å². The van der Waals surface area contributed by atoms with Crippen LogP contribution in [0.2, 0.25) is 0 Å². The molecule has 8 heteroatoms. The number of benzene rings is 2. The summed E-state index contributed by atoms with van der Waals surface area (Å²) in [7, 11) is 0. The van der Waals surface area contributed by atoms with Gasteiger partial charge in [-0.25, -0.2) is 4.79 Å². The molecule has 3 amide bonds. The maximum atomic E-state index is 12.5. The first kappa shape index (κ1) is 20.3. The highest BCUT2D eigenvalue weighted by Gasteiger charge is 2.29. The number of aryl methyl sites for hydroxylation is 1. The first-order valence-corrected chi connectivity index (χ1v) is 8.24. The van der Waals surface area contributed by atoms with E-state index < -0.39 is 23.7 Å². The van der Waals surface area contributed by atoms with Gasteiger partial charge in [0.2, 0.25) is 5.91 Å². The van der Waals surface area contributed by atoms with Crippen LogP contribution in [0.1, 0.15) is 22.3 Å². The quantitative estimate of drug-likeness (QED) is 0.722. The Hall–Kier alpha value is -3.03. The lowest BCUT2D eigenvalue weighted by Gasteiger charge is -2.10. The lowest BCUT2D eigenvalue weighted by atomic mass is 10.1. The average molecular weight is 379 g/mol. The predicted molar refractivity (Wildman–Crippen MR) is 94.7 cm³/mol. The Labute approximate surface area is 155 Å². The Morgan fingerprint density at radius 3 is 1.89 bits per heavy atom. The summed E-state index contributed by atoms with van der Waals surface area (Å²) < 4.78 is 37.4. The molecule has 0 spiro atoms. The van der Waals surface area contributed by atoms with Crippen molar-refractivity contribution in [1.29, 1.82) is 0 Å². The fourth-order valence-electron chi connectivity index (χ4n) is 2.19. The monoisotopic (exact) mass is 379 g/mol. The number of halogens is 3. The normalized spacial score (nSPS) is 11.0. The zero-order chi connectivity index (χ0) is 19.9. The summed E-state index contributed by atoms with van der Waals surface area (Å²) in [4.78, 5) is 23.4. The number of hydrogen-bond acceptors (Lipinski definition) is 2. The molecule has 2 rings (SSSR count). The molecule has 2 aromatic rings. The molecule has 0 aliphatic heterocycles. The molecule has 0 bridgehead atoms. The van der Waals surface area contributed by atoms with Crippen LogP contribution in [0.25, 0.3) is 0 Å². The zero-order valence-corrected chi connectivity index (χ0v) is 14.7. The third-order valence-corrected chi connectivity index (χ3v) is 3.75. The van der Waals surface area contributed by atoms with Crippen LogP contribution >= 0.6 is 0 Å². The molecule has 27 heavy (non-hydrogen) atoms. The van der Waals surface area contributed by atoms with E-state index in [1.165, 1.54) is 12.1 Å². The minimum absolute atomic E-state index is 0.0731. The lowest BCUT2D eigenvalue weighted by Crippen LogP contribution is -2.41. The van der Waals surface area contributed by atoms with Crippen molar-refractivity contribution in [2.45, 2.75) is 26.2 Å². The molecule has 0 unspecified atom stereocenters. The standard InChI is InChI=1S/C19H20F3N3O2/c1-13-2-4-14(5-3-13)11-24-18(27)25-12-17(26)23-10-15-6-8-16(9-7-15)19(20,21)22/h2-9H,10-12H2,1H3,(H,23,26)(H2,24,25,27). The van der Waals surface area contributed by atoms with Crippen LogP contribution < -0.4 is 16.0 Å². The van der Waals surface area contributed by atoms with Gasteiger partial charge in [0.15, 0.2) is 0 Å². The summed E-state index contributed by atoms with van der Waals surface area (Å²) in [5.41, 5.74) is 1.83. The largest absolute Gasteiger partial charge is 0.416 e. The molecule has 0 radical (unpaired) electrons. The molecule has 0 heterocycles. The van der Waals surface area contributed by atoms with E-state index in [1.807, 2.05) is 31.2 Å². The Kier molecular flexibility index (Phi) is 6.81. The highest BCUT2D eigenvalue weighted by Crippen LogP contribution is 2.28. The summed E-state index contributed by atoms with van der Waals surface area (Å²) in [6.45, 7) is 2.14. The Balaban J connectivity index is 1.68. The molecule has 0 aliphatic rings. The molecule has 0 saturated carbocycles. The number of alkyl halides is 3. The molecular weight excluding hydrogens is 359 g/mol. The summed E-state index contributed by atoms with van der Waals surface area (Å²) >= 11 is 0. The topological polar surface area (TPSA) is 70.2 Å². The van der Waals surface area contributed by atoms with E-state index in [0.29, 0.717) is 12.1 Å². The fourth-order valence-corrected chi connectivity index (χ4v) is 2.19. The highest BCUT2D eigenvalue weighted by molar-refractivity contribution is 5.83. The summed E-state index contributed by atoms with van der Waals surface area (Å²) in [5.74, 6) is -0.444. The van der Waals surface area contributed by atoms with Crippen LogP contribution in [0, 0.1) is 6.92 Å². The third kappa shape index (κ3) is 7.01. The Bertz CT molecular complexity index is 772. The van der Waals surface area contributed by atoms with E-state index in [4.69, 9.17) is 0 Å². The minimum Gasteiger partial charge on any atom is -0.350 e. The van der Waals surface area contributed by atoms with E-state index in [0.717, 1.165) is 23.3 Å². The second-order valence-electron chi connectivity index (χ2n) is 5.99. The van der Waals surface area contributed by atoms with Gasteiger partial charge >= 0.3 is 12.2 Å². The van der Waals surface area contributed by atoms with Gasteiger partial charge in [0.05, 0.1) is 12.1 Å². The van der Waals surface area contributed by atoms with E-state index in [-0.39, 0.29) is 13.1 Å². The van der Waals surface area contributed by atoms with E-state index in [2.05, 4.69) is 16.0 Å². The van der Waals surface area contributed by atoms with Gasteiger partial charge in [0, 0.05) is 13.1 Å². The second-order valence-corrected chi connectivity index (χ2v) is 5.99. The molecule has 0 fully saturated rings. The van der Waals surface area contributed by atoms with Crippen molar-refractivity contribution in [3.8, 4) is 0 Å². The molecule has 0 aromatic heterocycles. The maximum absolute atomic E-state index is 12.5. The van der Waals surface area contributed by atoms with Crippen LogP contribution in [0.5, 0.6) is 0 Å². The van der Waals surface area contributed by atoms with Crippen LogP contribution in [0.3, 0.4) is 0 Å². The van der Waals surface area contributed by atoms with Crippen LogP contribution in [-0.4, -0.2) is 18.5 Å². The van der Waals surface area contributed by atoms with Gasteiger partial charge in [-0.2, -0.15) is 13.2 Å². The average Bonchev–Trinajstić information content (AvgIpc) is 2.64. The second kappa shape index (κ2) is 9.07. The smallest absolute Gasteiger partial charge is 0.350 e. The van der Waals surface area contributed by atoms with E-state index in [1.54, 1.807) is 0 Å². The number of rotatable bonds is 6. The molecular formula is C19H20F3N3O2. The van der Waals surface area contributed by atoms with Crippen molar-refractivity contribution in [2.24, 2.45) is 0 Å². The summed E-state index contributed by atoms with van der Waals surface area (Å²) in [6, 6.07) is 11.7. The molecule has 0 aliphatic carbocycles. The molecule has 3 N–H and O–H groups in total. The molecule has 144 valence electrons. The minimum atomic E-state index is -4.39. The first-order valence-electron chi connectivity index (χ1n) is 8.24. The van der Waals surface area contributed by atoms with Gasteiger partial charge in [-0.15, -0.1) is 0 Å². The van der Waals surface area contributed by atoms with Crippen molar-refractivity contribution in [2.75, 3.05) is 6.54 Å². The first-order chi connectivity index (χ1) is 12.7. The van der Waals surface area contributed by atoms with Crippen molar-refractivity contribution in [3.05, 3.63) is 70.8 Å². The molecule has 0 atom stereocenters. The maximum Gasteiger partial charge on any atom is 0.416 e. The highest BCUT2D eigenvalue weighted by atomic mass is 19.4. The van der Waals surface area contributed by atoms with E-state index in [9.17, 15) is 22.8 Å². The fraction of sp³-hybridized carbons (Fsp3) is 0.263. The number of nitrogens with one attached hydrogen (secondary N) is 3. The van der Waals surface area contributed by atoms with E-state index >= 15 is 0 Å². The van der Waals surface area contributed by atoms with Crippen molar-refractivity contribution < 1.29 is 22.8 Å². The lowest BCUT2D eigenvalue weighted by molar-refractivity contribution is -0.137. The molecule has 0 saturated heterocycles. The number of carbonyl (C=O) groups excluding carboxylic acids is 2. The zero-order valence-electron chi connectivity index (χ0n) is 14.7. The van der Waals surface area contributed by atoms with Crippen molar-refractivity contribution >= 4 is 11.9 Å². The van der Waals surface area contributed by atoms with Gasteiger partial charge in [-0.05, 0) is 30.2 Å². The summed E-state index contributed by atoms with van der Waals surface area (Å²) in [6.07, 6.45) is -4.39. The van der Waals surface area contributed by atoms with Gasteiger partial charge in [0.25, 0.3) is 0 Å². The predicted octanol–water partition coefficient (Wildman–Crippen LogP) is 3.13. The Morgan fingerprint density at radius 1 is 0.815 bits per heavy atom. The van der Waals surface area contributed by atoms with Crippen molar-refractivity contribution in [1.82, 2.24) is 16.0 Å². The number of carbonyl (C=O) groups is 2. The van der Waals surface area contributed by atoms with Crippen LogP contribution in [0.15, 0.2) is 48.5 Å². The third-order valence-electron chi connectivity index (χ3n) is 3.75. The number of urea groups is 1. The van der Waals surface area contributed by atoms with Gasteiger partial charge in [0.1, 0.15) is 0 Å². The van der Waals surface area contributed by atoms with Gasteiger partial charge in [-0.1, -0.05) is 42.0 Å². The molecule has 5 nitrogen and oxygen atoms in total. The molecule has 2 aromatic carbocycles.